The molecule has 0 bridgehead atoms. The van der Waals surface area contributed by atoms with Crippen LogP contribution in [0.5, 0.6) is 0 Å². The Bertz CT molecular complexity index is 720. The highest BCUT2D eigenvalue weighted by molar-refractivity contribution is 9.10. The molecule has 0 radical (unpaired) electrons. The van der Waals surface area contributed by atoms with Gasteiger partial charge >= 0.3 is 0 Å². The summed E-state index contributed by atoms with van der Waals surface area (Å²) in [4.78, 5) is 7.98. The molecule has 0 aliphatic heterocycles. The normalized spacial score (nSPS) is 12.2. The summed E-state index contributed by atoms with van der Waals surface area (Å²) in [7, 11) is -3.68. The first-order valence-corrected chi connectivity index (χ1v) is 8.57. The van der Waals surface area contributed by atoms with Gasteiger partial charge in [0.05, 0.1) is 9.37 Å². The molecule has 1 aromatic heterocycles. The van der Waals surface area contributed by atoms with Crippen molar-refractivity contribution in [3.63, 3.8) is 0 Å². The Labute approximate surface area is 133 Å². The summed E-state index contributed by atoms with van der Waals surface area (Å²) in [6.45, 7) is 6.22. The molecule has 1 heterocycles. The molecule has 0 atom stereocenters. The zero-order chi connectivity index (χ0) is 15.7. The predicted molar refractivity (Wildman–Crippen MR) is 85.7 cm³/mol. The molecule has 21 heavy (non-hydrogen) atoms. The molecule has 0 saturated carbocycles. The number of hydrogen-bond acceptors (Lipinski definition) is 4. The molecule has 0 saturated heterocycles. The van der Waals surface area contributed by atoms with E-state index in [2.05, 4.69) is 51.4 Å². The molecule has 0 unspecified atom stereocenters. The molecule has 2 rings (SSSR count). The van der Waals surface area contributed by atoms with E-state index in [0.717, 1.165) is 5.56 Å². The van der Waals surface area contributed by atoms with Crippen LogP contribution in [0.15, 0.2) is 46.0 Å². The van der Waals surface area contributed by atoms with Gasteiger partial charge in [0.1, 0.15) is 0 Å². The van der Waals surface area contributed by atoms with Crippen LogP contribution in [0.1, 0.15) is 26.3 Å². The quantitative estimate of drug-likeness (QED) is 0.900. The van der Waals surface area contributed by atoms with Gasteiger partial charge in [0, 0.05) is 12.4 Å². The van der Waals surface area contributed by atoms with E-state index >= 15 is 0 Å². The molecule has 2 aromatic rings. The van der Waals surface area contributed by atoms with E-state index in [1.165, 1.54) is 12.4 Å². The third-order valence-corrected chi connectivity index (χ3v) is 4.63. The second-order valence-corrected chi connectivity index (χ2v) is 8.20. The smallest absolute Gasteiger partial charge is 0.247 e. The van der Waals surface area contributed by atoms with E-state index in [-0.39, 0.29) is 16.3 Å². The Balaban J connectivity index is 2.25. The standard InChI is InChI=1S/C14H16BrN3O2S/c1-14(2,3)10-4-6-12(7-5-10)21(19,20)18-13-16-8-11(15)9-17-13/h4-9H,1-3H3,(H,16,17,18). The van der Waals surface area contributed by atoms with E-state index in [1.807, 2.05) is 12.1 Å². The lowest BCUT2D eigenvalue weighted by Gasteiger charge is -2.19. The maximum absolute atomic E-state index is 12.2. The zero-order valence-electron chi connectivity index (χ0n) is 12.0. The monoisotopic (exact) mass is 369 g/mol. The minimum absolute atomic E-state index is 0.0233. The van der Waals surface area contributed by atoms with Gasteiger partial charge in [-0.2, -0.15) is 0 Å². The summed E-state index contributed by atoms with van der Waals surface area (Å²) < 4.78 is 27.5. The molecule has 1 aromatic carbocycles. The van der Waals surface area contributed by atoms with Gasteiger partial charge in [0.2, 0.25) is 5.95 Å². The minimum Gasteiger partial charge on any atom is -0.247 e. The molecular weight excluding hydrogens is 354 g/mol. The van der Waals surface area contributed by atoms with E-state index in [9.17, 15) is 8.42 Å². The van der Waals surface area contributed by atoms with Crippen molar-refractivity contribution in [1.29, 1.82) is 0 Å². The van der Waals surface area contributed by atoms with Gasteiger partial charge in [-0.1, -0.05) is 32.9 Å². The summed E-state index contributed by atoms with van der Waals surface area (Å²) in [6, 6.07) is 6.80. The molecule has 1 N–H and O–H groups in total. The second-order valence-electron chi connectivity index (χ2n) is 5.60. The van der Waals surface area contributed by atoms with E-state index in [4.69, 9.17) is 0 Å². The van der Waals surface area contributed by atoms with Crippen LogP contribution in [-0.2, 0) is 15.4 Å². The summed E-state index contributed by atoms with van der Waals surface area (Å²) in [5, 5.41) is 0. The Hall–Kier alpha value is -1.47. The van der Waals surface area contributed by atoms with Crippen molar-refractivity contribution in [3.8, 4) is 0 Å². The lowest BCUT2D eigenvalue weighted by molar-refractivity contribution is 0.587. The number of nitrogens with one attached hydrogen (secondary N) is 1. The lowest BCUT2D eigenvalue weighted by atomic mass is 9.87. The first kappa shape index (κ1) is 15.9. The topological polar surface area (TPSA) is 72.0 Å². The molecule has 112 valence electrons. The van der Waals surface area contributed by atoms with Crippen molar-refractivity contribution in [2.24, 2.45) is 0 Å². The zero-order valence-corrected chi connectivity index (χ0v) is 14.4. The molecule has 0 aliphatic rings. The van der Waals surface area contributed by atoms with Crippen LogP contribution < -0.4 is 4.72 Å². The fraction of sp³-hybridized carbons (Fsp3) is 0.286. The molecule has 0 fully saturated rings. The van der Waals surface area contributed by atoms with Crippen LogP contribution in [0.3, 0.4) is 0 Å². The number of halogens is 1. The fourth-order valence-corrected chi connectivity index (χ4v) is 2.84. The minimum atomic E-state index is -3.68. The third-order valence-electron chi connectivity index (χ3n) is 2.88. The number of anilines is 1. The van der Waals surface area contributed by atoms with Crippen molar-refractivity contribution >= 4 is 31.9 Å². The average Bonchev–Trinajstić information content (AvgIpc) is 2.40. The van der Waals surface area contributed by atoms with Gasteiger partial charge in [-0.05, 0) is 39.0 Å². The Morgan fingerprint density at radius 2 is 1.57 bits per heavy atom. The predicted octanol–water partition coefficient (Wildman–Crippen LogP) is 3.34. The van der Waals surface area contributed by atoms with Crippen molar-refractivity contribution < 1.29 is 8.42 Å². The van der Waals surface area contributed by atoms with E-state index in [1.54, 1.807) is 12.1 Å². The largest absolute Gasteiger partial charge is 0.264 e. The third kappa shape index (κ3) is 4.01. The van der Waals surface area contributed by atoms with Crippen LogP contribution >= 0.6 is 15.9 Å². The van der Waals surface area contributed by atoms with Crippen molar-refractivity contribution in [2.45, 2.75) is 31.1 Å². The summed E-state index contributed by atoms with van der Waals surface area (Å²) in [5.74, 6) is 0.0399. The molecular formula is C14H16BrN3O2S. The molecule has 7 heteroatoms. The van der Waals surface area contributed by atoms with Crippen LogP contribution in [-0.4, -0.2) is 18.4 Å². The number of aromatic nitrogens is 2. The maximum Gasteiger partial charge on any atom is 0.264 e. The van der Waals surface area contributed by atoms with Crippen LogP contribution in [0.2, 0.25) is 0 Å². The lowest BCUT2D eigenvalue weighted by Crippen LogP contribution is -2.16. The number of sulfonamides is 1. The highest BCUT2D eigenvalue weighted by Crippen LogP contribution is 2.24. The van der Waals surface area contributed by atoms with Gasteiger partial charge in [-0.15, -0.1) is 0 Å². The highest BCUT2D eigenvalue weighted by Gasteiger charge is 2.18. The molecule has 0 amide bonds. The Kier molecular flexibility index (Phi) is 4.34. The van der Waals surface area contributed by atoms with Crippen LogP contribution in [0, 0.1) is 0 Å². The van der Waals surface area contributed by atoms with Crippen LogP contribution in [0.4, 0.5) is 5.95 Å². The summed E-state index contributed by atoms with van der Waals surface area (Å²) >= 11 is 3.19. The first-order chi connectivity index (χ1) is 9.68. The molecule has 0 spiro atoms. The first-order valence-electron chi connectivity index (χ1n) is 6.29. The highest BCUT2D eigenvalue weighted by atomic mass is 79.9. The number of nitrogens with zero attached hydrogens (tertiary/aromatic N) is 2. The van der Waals surface area contributed by atoms with E-state index in [0.29, 0.717) is 4.47 Å². The van der Waals surface area contributed by atoms with Gasteiger partial charge in [0.15, 0.2) is 0 Å². The number of benzene rings is 1. The Morgan fingerprint density at radius 3 is 2.05 bits per heavy atom. The van der Waals surface area contributed by atoms with Crippen molar-refractivity contribution in [1.82, 2.24) is 9.97 Å². The maximum atomic E-state index is 12.2. The van der Waals surface area contributed by atoms with Crippen molar-refractivity contribution in [3.05, 3.63) is 46.7 Å². The fourth-order valence-electron chi connectivity index (χ4n) is 1.68. The van der Waals surface area contributed by atoms with Gasteiger partial charge in [-0.3, -0.25) is 0 Å². The Morgan fingerprint density at radius 1 is 1.05 bits per heavy atom. The number of rotatable bonds is 3. The van der Waals surface area contributed by atoms with Gasteiger partial charge in [0.25, 0.3) is 10.0 Å². The van der Waals surface area contributed by atoms with Crippen LogP contribution in [0.25, 0.3) is 0 Å². The van der Waals surface area contributed by atoms with Crippen molar-refractivity contribution in [2.75, 3.05) is 4.72 Å². The van der Waals surface area contributed by atoms with E-state index < -0.39 is 10.0 Å². The summed E-state index contributed by atoms with van der Waals surface area (Å²) in [5.41, 5.74) is 1.05. The van der Waals surface area contributed by atoms with Gasteiger partial charge in [-0.25, -0.2) is 23.1 Å². The number of hydrogen-bond donors (Lipinski definition) is 1. The van der Waals surface area contributed by atoms with Gasteiger partial charge < -0.3 is 0 Å². The second kappa shape index (κ2) is 5.73. The SMILES string of the molecule is CC(C)(C)c1ccc(S(=O)(=O)Nc2ncc(Br)cn2)cc1. The average molecular weight is 370 g/mol. The molecule has 5 nitrogen and oxygen atoms in total. The summed E-state index contributed by atoms with van der Waals surface area (Å²) in [6.07, 6.45) is 2.96. The molecule has 0 aliphatic carbocycles.